The van der Waals surface area contributed by atoms with E-state index in [0.717, 1.165) is 55.1 Å². The van der Waals surface area contributed by atoms with Gasteiger partial charge in [0.25, 0.3) is 0 Å². The molecule has 1 N–H and O–H groups in total. The molecule has 2 aromatic heterocycles. The third-order valence-electron chi connectivity index (χ3n) is 6.15. The highest BCUT2D eigenvalue weighted by Gasteiger charge is 2.39. The molecule has 5 rings (SSSR count). The van der Waals surface area contributed by atoms with E-state index in [0.29, 0.717) is 18.2 Å². The van der Waals surface area contributed by atoms with Gasteiger partial charge in [0.2, 0.25) is 11.9 Å². The Bertz CT molecular complexity index is 1120. The number of aromatic nitrogens is 4. The second kappa shape index (κ2) is 8.49. The first kappa shape index (κ1) is 20.3. The SMILES string of the molecule is CCN1C(=O)C2CCCCCN2c2nc(Nc3ccc(-n4ccnc4)c(OC)c3)ncc21. The molecule has 166 valence electrons. The third kappa shape index (κ3) is 3.53. The molecule has 0 bridgehead atoms. The van der Waals surface area contributed by atoms with Gasteiger partial charge < -0.3 is 24.4 Å². The van der Waals surface area contributed by atoms with Crippen molar-refractivity contribution in [3.05, 3.63) is 43.1 Å². The Morgan fingerprint density at radius 3 is 2.91 bits per heavy atom. The second-order valence-electron chi connectivity index (χ2n) is 8.03. The van der Waals surface area contributed by atoms with Gasteiger partial charge in [-0.25, -0.2) is 9.97 Å². The van der Waals surface area contributed by atoms with Crippen molar-refractivity contribution in [1.82, 2.24) is 19.5 Å². The number of carbonyl (C=O) groups excluding carboxylic acids is 1. The van der Waals surface area contributed by atoms with E-state index in [-0.39, 0.29) is 11.9 Å². The zero-order valence-electron chi connectivity index (χ0n) is 18.4. The fourth-order valence-electron chi connectivity index (χ4n) is 4.57. The largest absolute Gasteiger partial charge is 0.494 e. The summed E-state index contributed by atoms with van der Waals surface area (Å²) in [6.07, 6.45) is 11.2. The van der Waals surface area contributed by atoms with E-state index in [1.165, 1.54) is 0 Å². The molecule has 1 unspecified atom stereocenters. The molecule has 1 aromatic carbocycles. The van der Waals surface area contributed by atoms with Crippen molar-refractivity contribution in [3.63, 3.8) is 0 Å². The molecule has 1 atom stereocenters. The zero-order valence-corrected chi connectivity index (χ0v) is 18.4. The average molecular weight is 434 g/mol. The Labute approximate surface area is 187 Å². The molecule has 0 spiro atoms. The first-order chi connectivity index (χ1) is 15.7. The molecule has 9 nitrogen and oxygen atoms in total. The summed E-state index contributed by atoms with van der Waals surface area (Å²) in [6.45, 7) is 3.44. The van der Waals surface area contributed by atoms with E-state index in [1.54, 1.807) is 25.8 Å². The smallest absolute Gasteiger partial charge is 0.249 e. The quantitative estimate of drug-likeness (QED) is 0.658. The third-order valence-corrected chi connectivity index (χ3v) is 6.15. The highest BCUT2D eigenvalue weighted by atomic mass is 16.5. The van der Waals surface area contributed by atoms with Crippen LogP contribution in [0.5, 0.6) is 5.75 Å². The second-order valence-corrected chi connectivity index (χ2v) is 8.03. The Morgan fingerprint density at radius 1 is 1.22 bits per heavy atom. The molecule has 1 amide bonds. The number of likely N-dealkylation sites (N-methyl/N-ethyl adjacent to an activating group) is 1. The van der Waals surface area contributed by atoms with Gasteiger partial charge in [0.1, 0.15) is 17.5 Å². The molecule has 2 aliphatic heterocycles. The number of imidazole rings is 1. The standard InChI is InChI=1S/C23H27N7O2/c1-3-29-19-14-25-23(27-21(19)30-11-6-4-5-7-18(30)22(29)31)26-16-8-9-17(20(13-16)32-2)28-12-10-24-15-28/h8-10,12-15,18H,3-7,11H2,1-2H3,(H,25,26,27). The molecule has 0 saturated carbocycles. The number of nitrogens with zero attached hydrogens (tertiary/aromatic N) is 6. The van der Waals surface area contributed by atoms with Crippen LogP contribution in [0, 0.1) is 0 Å². The minimum absolute atomic E-state index is 0.137. The van der Waals surface area contributed by atoms with E-state index in [1.807, 2.05) is 40.8 Å². The Balaban J connectivity index is 1.47. The van der Waals surface area contributed by atoms with Crippen LogP contribution in [0.2, 0.25) is 0 Å². The lowest BCUT2D eigenvalue weighted by Crippen LogP contribution is -2.53. The number of amides is 1. The Hall–Kier alpha value is -3.62. The molecule has 1 saturated heterocycles. The maximum atomic E-state index is 13.1. The lowest BCUT2D eigenvalue weighted by Gasteiger charge is -2.40. The summed E-state index contributed by atoms with van der Waals surface area (Å²) in [5, 5.41) is 3.30. The van der Waals surface area contributed by atoms with E-state index >= 15 is 0 Å². The average Bonchev–Trinajstić information content (AvgIpc) is 3.23. The highest BCUT2D eigenvalue weighted by Crippen LogP contribution is 2.38. The molecular weight excluding hydrogens is 406 g/mol. The number of benzene rings is 1. The van der Waals surface area contributed by atoms with E-state index in [4.69, 9.17) is 9.72 Å². The number of anilines is 4. The van der Waals surface area contributed by atoms with Crippen molar-refractivity contribution in [2.24, 2.45) is 0 Å². The Kier molecular flexibility index (Phi) is 5.38. The minimum atomic E-state index is -0.137. The number of hydrogen-bond acceptors (Lipinski definition) is 7. The predicted octanol–water partition coefficient (Wildman–Crippen LogP) is 3.53. The van der Waals surface area contributed by atoms with Crippen LogP contribution < -0.4 is 19.9 Å². The maximum Gasteiger partial charge on any atom is 0.249 e. The van der Waals surface area contributed by atoms with Gasteiger partial charge >= 0.3 is 0 Å². The molecule has 0 radical (unpaired) electrons. The first-order valence-corrected chi connectivity index (χ1v) is 11.1. The monoisotopic (exact) mass is 433 g/mol. The van der Waals surface area contributed by atoms with Crippen molar-refractivity contribution in [1.29, 1.82) is 0 Å². The van der Waals surface area contributed by atoms with Crippen LogP contribution >= 0.6 is 0 Å². The first-order valence-electron chi connectivity index (χ1n) is 11.1. The molecule has 9 heteroatoms. The van der Waals surface area contributed by atoms with Gasteiger partial charge in [-0.3, -0.25) is 4.79 Å². The summed E-state index contributed by atoms with van der Waals surface area (Å²) < 4.78 is 7.48. The summed E-state index contributed by atoms with van der Waals surface area (Å²) >= 11 is 0. The molecule has 0 aliphatic carbocycles. The van der Waals surface area contributed by atoms with Crippen molar-refractivity contribution >= 4 is 29.0 Å². The molecule has 3 aromatic rings. The van der Waals surface area contributed by atoms with Crippen molar-refractivity contribution in [3.8, 4) is 11.4 Å². The van der Waals surface area contributed by atoms with Crippen molar-refractivity contribution < 1.29 is 9.53 Å². The molecule has 32 heavy (non-hydrogen) atoms. The summed E-state index contributed by atoms with van der Waals surface area (Å²) in [5.41, 5.74) is 2.50. The van der Waals surface area contributed by atoms with Crippen LogP contribution in [-0.2, 0) is 4.79 Å². The lowest BCUT2D eigenvalue weighted by molar-refractivity contribution is -0.120. The topological polar surface area (TPSA) is 88.4 Å². The number of ether oxygens (including phenoxy) is 1. The van der Waals surface area contributed by atoms with Crippen LogP contribution in [0.25, 0.3) is 5.69 Å². The van der Waals surface area contributed by atoms with Crippen LogP contribution in [-0.4, -0.2) is 51.7 Å². The maximum absolute atomic E-state index is 13.1. The summed E-state index contributed by atoms with van der Waals surface area (Å²) in [4.78, 5) is 30.5. The fraction of sp³-hybridized carbons (Fsp3) is 0.391. The molecule has 4 heterocycles. The van der Waals surface area contributed by atoms with Gasteiger partial charge in [-0.05, 0) is 31.9 Å². The van der Waals surface area contributed by atoms with Gasteiger partial charge in [-0.1, -0.05) is 12.8 Å². The number of hydrogen-bond donors (Lipinski definition) is 1. The molecular formula is C23H27N7O2. The van der Waals surface area contributed by atoms with Gasteiger partial charge in [-0.2, -0.15) is 4.98 Å². The van der Waals surface area contributed by atoms with Gasteiger partial charge in [0.15, 0.2) is 5.82 Å². The lowest BCUT2D eigenvalue weighted by atomic mass is 10.1. The van der Waals surface area contributed by atoms with Crippen LogP contribution in [0.3, 0.4) is 0 Å². The summed E-state index contributed by atoms with van der Waals surface area (Å²) in [5.74, 6) is 2.19. The zero-order chi connectivity index (χ0) is 22.1. The number of methoxy groups -OCH3 is 1. The Morgan fingerprint density at radius 2 is 2.12 bits per heavy atom. The van der Waals surface area contributed by atoms with Crippen LogP contribution in [0.1, 0.15) is 32.6 Å². The van der Waals surface area contributed by atoms with Crippen molar-refractivity contribution in [2.45, 2.75) is 38.6 Å². The van der Waals surface area contributed by atoms with Gasteiger partial charge in [0, 0.05) is 37.2 Å². The van der Waals surface area contributed by atoms with Gasteiger partial charge in [-0.15, -0.1) is 0 Å². The summed E-state index contributed by atoms with van der Waals surface area (Å²) in [7, 11) is 1.64. The van der Waals surface area contributed by atoms with Gasteiger partial charge in [0.05, 0.1) is 25.3 Å². The predicted molar refractivity (Wildman–Crippen MR) is 123 cm³/mol. The number of rotatable bonds is 5. The highest BCUT2D eigenvalue weighted by molar-refractivity contribution is 6.04. The van der Waals surface area contributed by atoms with E-state index in [2.05, 4.69) is 20.2 Å². The number of nitrogens with one attached hydrogen (secondary N) is 1. The fourth-order valence-corrected chi connectivity index (χ4v) is 4.57. The number of fused-ring (bicyclic) bond motifs is 3. The molecule has 2 aliphatic rings. The van der Waals surface area contributed by atoms with E-state index < -0.39 is 0 Å². The van der Waals surface area contributed by atoms with Crippen LogP contribution in [0.15, 0.2) is 43.1 Å². The normalized spacial score (nSPS) is 18.1. The van der Waals surface area contributed by atoms with Crippen LogP contribution in [0.4, 0.5) is 23.1 Å². The minimum Gasteiger partial charge on any atom is -0.494 e. The molecule has 1 fully saturated rings. The number of carbonyl (C=O) groups is 1. The summed E-state index contributed by atoms with van der Waals surface area (Å²) in [6, 6.07) is 5.69. The van der Waals surface area contributed by atoms with E-state index in [9.17, 15) is 4.79 Å². The van der Waals surface area contributed by atoms with Crippen molar-refractivity contribution in [2.75, 3.05) is 35.3 Å².